The maximum Gasteiger partial charge on any atom is 0.269 e. The topological polar surface area (TPSA) is 107 Å². The Balaban J connectivity index is 2.10. The molecule has 0 bridgehead atoms. The molecule has 3 rings (SSSR count). The predicted octanol–water partition coefficient (Wildman–Crippen LogP) is 3.50. The van der Waals surface area contributed by atoms with Crippen LogP contribution in [0.3, 0.4) is 0 Å². The molecule has 0 atom stereocenters. The Hall–Kier alpha value is -2.97. The molecule has 132 valence electrons. The molecule has 9 heteroatoms. The maximum atomic E-state index is 10.8. The molecule has 0 saturated carbocycles. The summed E-state index contributed by atoms with van der Waals surface area (Å²) in [4.78, 5) is 10.4. The molecule has 0 unspecified atom stereocenters. The van der Waals surface area contributed by atoms with Crippen LogP contribution in [0.5, 0.6) is 5.88 Å². The zero-order valence-corrected chi connectivity index (χ0v) is 14.9. The molecule has 0 aliphatic rings. The molecule has 1 heterocycles. The van der Waals surface area contributed by atoms with Crippen molar-refractivity contribution in [1.29, 1.82) is 0 Å². The third kappa shape index (κ3) is 3.51. The number of non-ortho nitro benzene ring substituents is 1. The van der Waals surface area contributed by atoms with Crippen molar-refractivity contribution >= 4 is 34.6 Å². The van der Waals surface area contributed by atoms with Gasteiger partial charge in [0.15, 0.2) is 5.11 Å². The fourth-order valence-electron chi connectivity index (χ4n) is 2.58. The van der Waals surface area contributed by atoms with Crippen LogP contribution in [0.25, 0.3) is 11.3 Å². The first-order chi connectivity index (χ1) is 12.4. The molecule has 0 spiro atoms. The van der Waals surface area contributed by atoms with Gasteiger partial charge >= 0.3 is 0 Å². The van der Waals surface area contributed by atoms with Gasteiger partial charge in [0.25, 0.3) is 5.69 Å². The van der Waals surface area contributed by atoms with Crippen molar-refractivity contribution in [2.75, 3.05) is 0 Å². The summed E-state index contributed by atoms with van der Waals surface area (Å²) in [5.41, 5.74) is 7.96. The first-order valence-corrected chi connectivity index (χ1v) is 8.25. The average molecular weight is 389 g/mol. The van der Waals surface area contributed by atoms with Gasteiger partial charge in [0.1, 0.15) is 5.69 Å². The van der Waals surface area contributed by atoms with E-state index in [0.717, 1.165) is 10.2 Å². The molecule has 2 aromatic carbocycles. The van der Waals surface area contributed by atoms with Crippen molar-refractivity contribution in [3.63, 3.8) is 0 Å². The summed E-state index contributed by atoms with van der Waals surface area (Å²) in [5.74, 6) is -0.175. The van der Waals surface area contributed by atoms with Gasteiger partial charge in [0, 0.05) is 34.7 Å². The minimum absolute atomic E-state index is 0.0388. The van der Waals surface area contributed by atoms with Gasteiger partial charge in [-0.1, -0.05) is 23.7 Å². The van der Waals surface area contributed by atoms with Crippen molar-refractivity contribution in [2.45, 2.75) is 6.42 Å². The summed E-state index contributed by atoms with van der Waals surface area (Å²) in [6.45, 7) is 0. The monoisotopic (exact) mass is 388 g/mol. The number of aromatic nitrogens is 2. The zero-order valence-electron chi connectivity index (χ0n) is 13.3. The lowest BCUT2D eigenvalue weighted by Crippen LogP contribution is -2.20. The number of nitrogens with zero attached hydrogens (tertiary/aromatic N) is 3. The lowest BCUT2D eigenvalue weighted by atomic mass is 10.0. The fraction of sp³-hybridized carbons (Fsp3) is 0.0588. The first-order valence-electron chi connectivity index (χ1n) is 7.46. The molecule has 26 heavy (non-hydrogen) atoms. The number of nitrogens with two attached hydrogens (primary N) is 1. The molecule has 0 saturated heterocycles. The summed E-state index contributed by atoms with van der Waals surface area (Å²) in [5, 5.41) is 26.1. The van der Waals surface area contributed by atoms with E-state index in [0.29, 0.717) is 28.3 Å². The highest BCUT2D eigenvalue weighted by Crippen LogP contribution is 2.33. The second-order valence-corrected chi connectivity index (χ2v) is 6.37. The average Bonchev–Trinajstić information content (AvgIpc) is 2.92. The lowest BCUT2D eigenvalue weighted by molar-refractivity contribution is -0.384. The Labute approximate surface area is 158 Å². The highest BCUT2D eigenvalue weighted by atomic mass is 35.5. The van der Waals surface area contributed by atoms with Crippen molar-refractivity contribution in [2.24, 2.45) is 5.73 Å². The van der Waals surface area contributed by atoms with Crippen LogP contribution in [-0.2, 0) is 6.42 Å². The number of halogens is 1. The molecule has 0 radical (unpaired) electrons. The standard InChI is InChI=1S/C17H13ClN4O3S/c18-12-3-1-2-10(8-12)9-14-15(20-21(16(14)23)17(19)26)11-4-6-13(7-5-11)22(24)25/h1-8,23H,9H2,(H2,19,26). The smallest absolute Gasteiger partial charge is 0.269 e. The maximum absolute atomic E-state index is 10.8. The third-order valence-electron chi connectivity index (χ3n) is 3.79. The quantitative estimate of drug-likeness (QED) is 0.402. The molecule has 0 amide bonds. The van der Waals surface area contributed by atoms with Crippen molar-refractivity contribution < 1.29 is 10.0 Å². The van der Waals surface area contributed by atoms with E-state index in [9.17, 15) is 15.2 Å². The number of thiocarbonyl (C=S) groups is 1. The highest BCUT2D eigenvalue weighted by molar-refractivity contribution is 7.80. The second kappa shape index (κ2) is 7.11. The van der Waals surface area contributed by atoms with Gasteiger partial charge in [-0.05, 0) is 42.0 Å². The van der Waals surface area contributed by atoms with Gasteiger partial charge in [-0.3, -0.25) is 10.1 Å². The van der Waals surface area contributed by atoms with Crippen molar-refractivity contribution in [3.8, 4) is 17.1 Å². The Morgan fingerprint density at radius 1 is 1.31 bits per heavy atom. The van der Waals surface area contributed by atoms with Gasteiger partial charge < -0.3 is 10.8 Å². The van der Waals surface area contributed by atoms with Gasteiger partial charge in [-0.2, -0.15) is 9.78 Å². The van der Waals surface area contributed by atoms with Crippen LogP contribution in [0.4, 0.5) is 5.69 Å². The number of nitro groups is 1. The minimum Gasteiger partial charge on any atom is -0.493 e. The van der Waals surface area contributed by atoms with Crippen LogP contribution < -0.4 is 5.73 Å². The highest BCUT2D eigenvalue weighted by Gasteiger charge is 2.21. The number of nitro benzene ring substituents is 1. The van der Waals surface area contributed by atoms with E-state index in [-0.39, 0.29) is 16.7 Å². The van der Waals surface area contributed by atoms with E-state index in [2.05, 4.69) is 5.10 Å². The molecule has 7 nitrogen and oxygen atoms in total. The van der Waals surface area contributed by atoms with Crippen LogP contribution in [0.1, 0.15) is 11.1 Å². The van der Waals surface area contributed by atoms with E-state index < -0.39 is 4.92 Å². The second-order valence-electron chi connectivity index (χ2n) is 5.51. The molecule has 0 aliphatic carbocycles. The number of aromatic hydroxyl groups is 1. The van der Waals surface area contributed by atoms with Crippen LogP contribution in [0.15, 0.2) is 48.5 Å². The zero-order chi connectivity index (χ0) is 18.8. The normalized spacial score (nSPS) is 10.7. The largest absolute Gasteiger partial charge is 0.493 e. The van der Waals surface area contributed by atoms with E-state index in [1.54, 1.807) is 30.3 Å². The number of hydrogen-bond donors (Lipinski definition) is 2. The minimum atomic E-state index is -0.484. The summed E-state index contributed by atoms with van der Waals surface area (Å²) in [6, 6.07) is 13.1. The lowest BCUT2D eigenvalue weighted by Gasteiger charge is -2.05. The summed E-state index contributed by atoms with van der Waals surface area (Å²) in [7, 11) is 0. The van der Waals surface area contributed by atoms with Gasteiger partial charge in [-0.15, -0.1) is 0 Å². The molecule has 3 N–H and O–H groups in total. The van der Waals surface area contributed by atoms with Gasteiger partial charge in [-0.25, -0.2) is 0 Å². The molecule has 0 fully saturated rings. The van der Waals surface area contributed by atoms with E-state index in [1.165, 1.54) is 12.1 Å². The number of benzene rings is 2. The Morgan fingerprint density at radius 3 is 2.58 bits per heavy atom. The first kappa shape index (κ1) is 17.8. The summed E-state index contributed by atoms with van der Waals surface area (Å²) < 4.78 is 1.06. The van der Waals surface area contributed by atoms with Crippen LogP contribution in [0, 0.1) is 10.1 Å². The molecular formula is C17H13ClN4O3S. The number of rotatable bonds is 4. The molecule has 0 aliphatic heterocycles. The van der Waals surface area contributed by atoms with Crippen LogP contribution in [-0.4, -0.2) is 24.9 Å². The van der Waals surface area contributed by atoms with E-state index >= 15 is 0 Å². The predicted molar refractivity (Wildman–Crippen MR) is 102 cm³/mol. The van der Waals surface area contributed by atoms with Crippen LogP contribution in [0.2, 0.25) is 5.02 Å². The molecular weight excluding hydrogens is 376 g/mol. The SMILES string of the molecule is NC(=S)n1nc(-c2ccc([N+](=O)[O-])cc2)c(Cc2cccc(Cl)c2)c1O. The Bertz CT molecular complexity index is 1000. The summed E-state index contributed by atoms with van der Waals surface area (Å²) >= 11 is 10.9. The van der Waals surface area contributed by atoms with E-state index in [4.69, 9.17) is 29.6 Å². The van der Waals surface area contributed by atoms with E-state index in [1.807, 2.05) is 6.07 Å². The Morgan fingerprint density at radius 2 is 2.00 bits per heavy atom. The fourth-order valence-corrected chi connectivity index (χ4v) is 2.92. The van der Waals surface area contributed by atoms with Gasteiger partial charge in [0.05, 0.1) is 4.92 Å². The summed E-state index contributed by atoms with van der Waals surface area (Å²) in [6.07, 6.45) is 0.335. The van der Waals surface area contributed by atoms with Crippen LogP contribution >= 0.6 is 23.8 Å². The Kier molecular flexibility index (Phi) is 4.88. The number of hydrogen-bond acceptors (Lipinski definition) is 5. The third-order valence-corrected chi connectivity index (χ3v) is 4.19. The molecule has 3 aromatic rings. The van der Waals surface area contributed by atoms with Crippen molar-refractivity contribution in [1.82, 2.24) is 9.78 Å². The van der Waals surface area contributed by atoms with Crippen molar-refractivity contribution in [3.05, 3.63) is 74.8 Å². The molecule has 1 aromatic heterocycles. The van der Waals surface area contributed by atoms with Gasteiger partial charge in [0.2, 0.25) is 5.88 Å².